The maximum Gasteiger partial charge on any atom is 0.431 e. The van der Waals surface area contributed by atoms with E-state index in [1.54, 1.807) is 0 Å². The minimum Gasteiger partial charge on any atom is -0.479 e. The molecule has 1 aliphatic heterocycles. The van der Waals surface area contributed by atoms with Crippen molar-refractivity contribution in [1.29, 1.82) is 0 Å². The average Bonchev–Trinajstić information content (AvgIpc) is 2.88. The first-order valence-corrected chi connectivity index (χ1v) is 8.75. The van der Waals surface area contributed by atoms with E-state index in [1.807, 2.05) is 0 Å². The highest BCUT2D eigenvalue weighted by Crippen LogP contribution is 2.44. The first-order chi connectivity index (χ1) is 12.2. The number of carbonyl (C=O) groups is 1. The molecule has 0 aromatic heterocycles. The topological polar surface area (TPSA) is 62.1 Å². The summed E-state index contributed by atoms with van der Waals surface area (Å²) in [6.07, 6.45) is -6.85. The summed E-state index contributed by atoms with van der Waals surface area (Å²) >= 11 is 11.8. The molecule has 1 aromatic carbocycles. The molecule has 1 aliphatic rings. The summed E-state index contributed by atoms with van der Waals surface area (Å²) in [5.41, 5.74) is -4.49. The van der Waals surface area contributed by atoms with Gasteiger partial charge in [0.15, 0.2) is 11.8 Å². The molecule has 10 heteroatoms. The SMILES string of the molecule is C[C@@H](Oc1ccc(Cl)cc1Cl)C(=O)N1N=C(C(F)(F)F)C[C@]1(O)C(C)(C)C. The van der Waals surface area contributed by atoms with Crippen LogP contribution in [0.4, 0.5) is 13.2 Å². The lowest BCUT2D eigenvalue weighted by atomic mass is 9.80. The van der Waals surface area contributed by atoms with E-state index in [9.17, 15) is 23.1 Å². The van der Waals surface area contributed by atoms with Gasteiger partial charge in [-0.15, -0.1) is 0 Å². The second-order valence-electron chi connectivity index (χ2n) is 7.27. The van der Waals surface area contributed by atoms with Gasteiger partial charge in [-0.05, 0) is 25.1 Å². The third kappa shape index (κ3) is 4.33. The molecule has 1 aromatic rings. The number of carbonyl (C=O) groups excluding carboxylic acids is 1. The zero-order valence-corrected chi connectivity index (χ0v) is 16.6. The molecule has 0 saturated carbocycles. The molecule has 0 fully saturated rings. The van der Waals surface area contributed by atoms with E-state index in [0.717, 1.165) is 0 Å². The molecule has 0 spiro atoms. The fourth-order valence-corrected chi connectivity index (χ4v) is 2.96. The molecule has 27 heavy (non-hydrogen) atoms. The predicted molar refractivity (Wildman–Crippen MR) is 95.9 cm³/mol. The van der Waals surface area contributed by atoms with Crippen molar-refractivity contribution in [2.75, 3.05) is 0 Å². The number of hydrogen-bond acceptors (Lipinski definition) is 4. The van der Waals surface area contributed by atoms with Crippen LogP contribution in [0.25, 0.3) is 0 Å². The number of rotatable bonds is 3. The number of nitrogens with zero attached hydrogens (tertiary/aromatic N) is 2. The van der Waals surface area contributed by atoms with Crippen molar-refractivity contribution in [1.82, 2.24) is 5.01 Å². The van der Waals surface area contributed by atoms with Gasteiger partial charge < -0.3 is 9.84 Å². The summed E-state index contributed by atoms with van der Waals surface area (Å²) in [5.74, 6) is -0.807. The van der Waals surface area contributed by atoms with Gasteiger partial charge in [-0.1, -0.05) is 44.0 Å². The first kappa shape index (κ1) is 21.8. The molecule has 2 rings (SSSR count). The Morgan fingerprint density at radius 3 is 2.41 bits per heavy atom. The van der Waals surface area contributed by atoms with Gasteiger partial charge >= 0.3 is 6.18 Å². The minimum atomic E-state index is -4.77. The summed E-state index contributed by atoms with van der Waals surface area (Å²) in [6.45, 7) is 5.88. The number of amides is 1. The van der Waals surface area contributed by atoms with Crippen molar-refractivity contribution in [3.05, 3.63) is 28.2 Å². The van der Waals surface area contributed by atoms with Crippen molar-refractivity contribution in [3.63, 3.8) is 0 Å². The van der Waals surface area contributed by atoms with E-state index in [-0.39, 0.29) is 10.8 Å². The monoisotopic (exact) mass is 426 g/mol. The summed E-state index contributed by atoms with van der Waals surface area (Å²) in [5, 5.41) is 15.2. The van der Waals surface area contributed by atoms with Gasteiger partial charge in [0.25, 0.3) is 5.91 Å². The molecule has 2 atom stereocenters. The second kappa shape index (κ2) is 7.14. The zero-order valence-electron chi connectivity index (χ0n) is 15.1. The van der Waals surface area contributed by atoms with Crippen LogP contribution in [0.2, 0.25) is 10.0 Å². The van der Waals surface area contributed by atoms with E-state index in [1.165, 1.54) is 45.9 Å². The molecular weight excluding hydrogens is 408 g/mol. The Balaban J connectivity index is 2.33. The number of benzene rings is 1. The quantitative estimate of drug-likeness (QED) is 0.764. The van der Waals surface area contributed by atoms with Crippen molar-refractivity contribution < 1.29 is 27.8 Å². The number of hydrogen-bond donors (Lipinski definition) is 1. The third-order valence-corrected chi connectivity index (χ3v) is 4.80. The van der Waals surface area contributed by atoms with Crippen LogP contribution in [0.15, 0.2) is 23.3 Å². The normalized spacial score (nSPS) is 21.9. The van der Waals surface area contributed by atoms with Crippen molar-refractivity contribution >= 4 is 34.8 Å². The van der Waals surface area contributed by atoms with E-state index in [4.69, 9.17) is 27.9 Å². The Labute approximate surface area is 164 Å². The van der Waals surface area contributed by atoms with Gasteiger partial charge in [0.05, 0.1) is 5.02 Å². The summed E-state index contributed by atoms with van der Waals surface area (Å²) in [7, 11) is 0. The van der Waals surface area contributed by atoms with E-state index in [0.29, 0.717) is 10.0 Å². The van der Waals surface area contributed by atoms with Crippen LogP contribution >= 0.6 is 23.2 Å². The van der Waals surface area contributed by atoms with E-state index < -0.39 is 41.5 Å². The van der Waals surface area contributed by atoms with Crippen LogP contribution in [0.3, 0.4) is 0 Å². The molecule has 0 saturated heterocycles. The maximum atomic E-state index is 13.1. The molecule has 0 bridgehead atoms. The molecular formula is C17H19Cl2F3N2O3. The van der Waals surface area contributed by atoms with Gasteiger partial charge in [0, 0.05) is 16.9 Å². The molecule has 0 radical (unpaired) electrons. The maximum absolute atomic E-state index is 13.1. The molecule has 1 N–H and O–H groups in total. The van der Waals surface area contributed by atoms with E-state index in [2.05, 4.69) is 5.10 Å². The first-order valence-electron chi connectivity index (χ1n) is 7.99. The molecule has 1 heterocycles. The van der Waals surface area contributed by atoms with Crippen molar-refractivity contribution in [2.45, 2.75) is 52.1 Å². The number of ether oxygens (including phenoxy) is 1. The number of alkyl halides is 3. The lowest BCUT2D eigenvalue weighted by Crippen LogP contribution is -2.57. The van der Waals surface area contributed by atoms with Crippen LogP contribution in [-0.4, -0.2) is 39.7 Å². The highest BCUT2D eigenvalue weighted by atomic mass is 35.5. The van der Waals surface area contributed by atoms with Gasteiger partial charge in [0.2, 0.25) is 0 Å². The summed E-state index contributed by atoms with van der Waals surface area (Å²) < 4.78 is 44.8. The fraction of sp³-hybridized carbons (Fsp3) is 0.529. The number of halogens is 5. The number of aliphatic hydroxyl groups is 1. The summed E-state index contributed by atoms with van der Waals surface area (Å²) in [4.78, 5) is 12.8. The minimum absolute atomic E-state index is 0.125. The van der Waals surface area contributed by atoms with Gasteiger partial charge in [0.1, 0.15) is 11.5 Å². The highest BCUT2D eigenvalue weighted by Gasteiger charge is 2.58. The molecule has 1 amide bonds. The summed E-state index contributed by atoms with van der Waals surface area (Å²) in [6, 6.07) is 4.32. The predicted octanol–water partition coefficient (Wildman–Crippen LogP) is 4.65. The fourth-order valence-electron chi connectivity index (χ4n) is 2.50. The zero-order chi connectivity index (χ0) is 20.8. The third-order valence-electron chi connectivity index (χ3n) is 4.27. The largest absolute Gasteiger partial charge is 0.479 e. The van der Waals surface area contributed by atoms with E-state index >= 15 is 0 Å². The van der Waals surface area contributed by atoms with Crippen molar-refractivity contribution in [2.24, 2.45) is 10.5 Å². The number of hydrazone groups is 1. The lowest BCUT2D eigenvalue weighted by molar-refractivity contribution is -0.187. The average molecular weight is 427 g/mol. The molecule has 0 unspecified atom stereocenters. The van der Waals surface area contributed by atoms with Gasteiger partial charge in [-0.25, -0.2) is 0 Å². The van der Waals surface area contributed by atoms with Crippen LogP contribution < -0.4 is 4.74 Å². The molecule has 150 valence electrons. The van der Waals surface area contributed by atoms with Gasteiger partial charge in [-0.3, -0.25) is 4.79 Å². The highest BCUT2D eigenvalue weighted by molar-refractivity contribution is 6.35. The molecule has 0 aliphatic carbocycles. The van der Waals surface area contributed by atoms with Crippen LogP contribution in [-0.2, 0) is 4.79 Å². The Morgan fingerprint density at radius 1 is 1.33 bits per heavy atom. The smallest absolute Gasteiger partial charge is 0.431 e. The Bertz CT molecular complexity index is 778. The molecule has 5 nitrogen and oxygen atoms in total. The standard InChI is InChI=1S/C17H19Cl2F3N2O3/c1-9(27-12-6-5-10(18)7-11(12)19)14(25)24-16(26,15(2,3)4)8-13(23-24)17(20,21)22/h5-7,9,26H,8H2,1-4H3/t9-,16+/m1/s1. The van der Waals surface area contributed by atoms with Crippen LogP contribution in [0, 0.1) is 5.41 Å². The van der Waals surface area contributed by atoms with Crippen LogP contribution in [0.5, 0.6) is 5.75 Å². The van der Waals surface area contributed by atoms with Gasteiger partial charge in [-0.2, -0.15) is 23.3 Å². The second-order valence-corrected chi connectivity index (χ2v) is 8.12. The lowest BCUT2D eigenvalue weighted by Gasteiger charge is -2.42. The Kier molecular flexibility index (Phi) is 5.76. The Hall–Kier alpha value is -1.51. The van der Waals surface area contributed by atoms with Crippen LogP contribution in [0.1, 0.15) is 34.1 Å². The van der Waals surface area contributed by atoms with Crippen molar-refractivity contribution in [3.8, 4) is 5.75 Å². The Morgan fingerprint density at radius 2 is 1.93 bits per heavy atom.